The Morgan fingerprint density at radius 3 is 2.76 bits per heavy atom. The van der Waals surface area contributed by atoms with Crippen LogP contribution in [0, 0.1) is 0 Å². The molecule has 1 N–H and O–H groups in total. The van der Waals surface area contributed by atoms with Crippen LogP contribution < -0.4 is 5.32 Å². The largest absolute Gasteiger partial charge is 0.370 e. The average Bonchev–Trinajstić information content (AvgIpc) is 3.02. The lowest BCUT2D eigenvalue weighted by Crippen LogP contribution is -2.37. The molecule has 1 aliphatic rings. The van der Waals surface area contributed by atoms with Crippen molar-refractivity contribution in [1.29, 1.82) is 0 Å². The van der Waals surface area contributed by atoms with E-state index in [0.717, 1.165) is 31.7 Å². The molecule has 21 heavy (non-hydrogen) atoms. The number of hydrogen-bond acceptors (Lipinski definition) is 5. The molecule has 0 radical (unpaired) electrons. The van der Waals surface area contributed by atoms with Crippen molar-refractivity contribution < 1.29 is 9.26 Å². The molecule has 1 aromatic heterocycles. The molecule has 3 unspecified atom stereocenters. The molecule has 1 fully saturated rings. The minimum atomic E-state index is -0.456. The standard InChI is InChI=1S/C16H29N3O2/c1-5-11-17-13-10-8-7-9-12(13)14-18-15(19-21-14)16(3,6-2)20-4/h12-13,17H,5-11H2,1-4H3. The number of nitrogens with zero attached hydrogens (tertiary/aromatic N) is 2. The molecule has 0 aromatic carbocycles. The fourth-order valence-corrected chi connectivity index (χ4v) is 2.99. The van der Waals surface area contributed by atoms with Crippen LogP contribution in [-0.4, -0.2) is 29.8 Å². The molecule has 120 valence electrons. The van der Waals surface area contributed by atoms with Gasteiger partial charge in [-0.25, -0.2) is 0 Å². The third-order valence-electron chi connectivity index (χ3n) is 4.78. The molecule has 0 saturated heterocycles. The minimum absolute atomic E-state index is 0.338. The molecule has 1 saturated carbocycles. The number of nitrogens with one attached hydrogen (secondary N) is 1. The van der Waals surface area contributed by atoms with Crippen LogP contribution in [0.25, 0.3) is 0 Å². The molecule has 1 aliphatic carbocycles. The third-order valence-corrected chi connectivity index (χ3v) is 4.78. The predicted molar refractivity (Wildman–Crippen MR) is 82.2 cm³/mol. The molecule has 5 heteroatoms. The molecule has 0 aliphatic heterocycles. The molecule has 5 nitrogen and oxygen atoms in total. The first-order valence-electron chi connectivity index (χ1n) is 8.27. The van der Waals surface area contributed by atoms with Crippen molar-refractivity contribution in [3.05, 3.63) is 11.7 Å². The van der Waals surface area contributed by atoms with Gasteiger partial charge in [0.05, 0.1) is 5.92 Å². The molecular formula is C16H29N3O2. The highest BCUT2D eigenvalue weighted by Gasteiger charge is 2.34. The van der Waals surface area contributed by atoms with E-state index in [1.54, 1.807) is 7.11 Å². The minimum Gasteiger partial charge on any atom is -0.370 e. The summed E-state index contributed by atoms with van der Waals surface area (Å²) in [6.45, 7) is 7.33. The van der Waals surface area contributed by atoms with E-state index in [1.807, 2.05) is 6.92 Å². The second-order valence-corrected chi connectivity index (χ2v) is 6.20. The zero-order valence-electron chi connectivity index (χ0n) is 13.8. The van der Waals surface area contributed by atoms with Gasteiger partial charge in [-0.2, -0.15) is 4.98 Å². The van der Waals surface area contributed by atoms with Crippen molar-refractivity contribution in [1.82, 2.24) is 15.5 Å². The molecule has 2 rings (SSSR count). The first-order chi connectivity index (χ1) is 10.1. The molecule has 0 amide bonds. The summed E-state index contributed by atoms with van der Waals surface area (Å²) in [6, 6.07) is 0.461. The first-order valence-corrected chi connectivity index (χ1v) is 8.27. The van der Waals surface area contributed by atoms with Gasteiger partial charge < -0.3 is 14.6 Å². The molecule has 0 bridgehead atoms. The van der Waals surface area contributed by atoms with E-state index >= 15 is 0 Å². The van der Waals surface area contributed by atoms with Crippen molar-refractivity contribution >= 4 is 0 Å². The van der Waals surface area contributed by atoms with E-state index in [1.165, 1.54) is 19.3 Å². The van der Waals surface area contributed by atoms with E-state index in [4.69, 9.17) is 9.26 Å². The van der Waals surface area contributed by atoms with Crippen LogP contribution in [0.15, 0.2) is 4.52 Å². The van der Waals surface area contributed by atoms with Gasteiger partial charge in [-0.1, -0.05) is 31.8 Å². The van der Waals surface area contributed by atoms with E-state index in [9.17, 15) is 0 Å². The molecule has 3 atom stereocenters. The zero-order chi connectivity index (χ0) is 15.3. The monoisotopic (exact) mass is 295 g/mol. The number of hydrogen-bond donors (Lipinski definition) is 1. The summed E-state index contributed by atoms with van der Waals surface area (Å²) in [5, 5.41) is 7.82. The van der Waals surface area contributed by atoms with Crippen molar-refractivity contribution in [2.24, 2.45) is 0 Å². The maximum atomic E-state index is 5.58. The number of methoxy groups -OCH3 is 1. The van der Waals surface area contributed by atoms with E-state index in [0.29, 0.717) is 17.8 Å². The van der Waals surface area contributed by atoms with Crippen LogP contribution in [0.5, 0.6) is 0 Å². The van der Waals surface area contributed by atoms with Gasteiger partial charge in [-0.15, -0.1) is 0 Å². The van der Waals surface area contributed by atoms with Gasteiger partial charge >= 0.3 is 0 Å². The summed E-state index contributed by atoms with van der Waals surface area (Å²) in [6.07, 6.45) is 6.81. The highest BCUT2D eigenvalue weighted by Crippen LogP contribution is 2.34. The van der Waals surface area contributed by atoms with Gasteiger partial charge in [0.1, 0.15) is 5.60 Å². The topological polar surface area (TPSA) is 60.2 Å². The number of rotatable bonds is 7. The second kappa shape index (κ2) is 7.36. The number of aromatic nitrogens is 2. The number of ether oxygens (including phenoxy) is 1. The predicted octanol–water partition coefficient (Wildman–Crippen LogP) is 3.37. The quantitative estimate of drug-likeness (QED) is 0.835. The van der Waals surface area contributed by atoms with Gasteiger partial charge in [0.15, 0.2) is 0 Å². The van der Waals surface area contributed by atoms with Gasteiger partial charge in [0.25, 0.3) is 0 Å². The molecule has 1 aromatic rings. The summed E-state index contributed by atoms with van der Waals surface area (Å²) in [5.74, 6) is 1.78. The Kier molecular flexibility index (Phi) is 5.76. The van der Waals surface area contributed by atoms with Crippen LogP contribution in [0.2, 0.25) is 0 Å². The maximum Gasteiger partial charge on any atom is 0.231 e. The van der Waals surface area contributed by atoms with E-state index in [-0.39, 0.29) is 0 Å². The fraction of sp³-hybridized carbons (Fsp3) is 0.875. The van der Waals surface area contributed by atoms with E-state index in [2.05, 4.69) is 29.3 Å². The van der Waals surface area contributed by atoms with Crippen molar-refractivity contribution in [2.45, 2.75) is 76.9 Å². The van der Waals surface area contributed by atoms with Gasteiger partial charge in [0, 0.05) is 13.2 Å². The average molecular weight is 295 g/mol. The SMILES string of the molecule is CCCNC1CCCCC1c1nc(C(C)(CC)OC)no1. The maximum absolute atomic E-state index is 5.58. The van der Waals surface area contributed by atoms with E-state index < -0.39 is 5.60 Å². The zero-order valence-corrected chi connectivity index (χ0v) is 13.8. The highest BCUT2D eigenvalue weighted by molar-refractivity contribution is 5.05. The van der Waals surface area contributed by atoms with Crippen LogP contribution in [0.4, 0.5) is 0 Å². The Balaban J connectivity index is 2.14. The Bertz CT molecular complexity index is 429. The molecule has 1 heterocycles. The van der Waals surface area contributed by atoms with Gasteiger partial charge in [0.2, 0.25) is 11.7 Å². The lowest BCUT2D eigenvalue weighted by molar-refractivity contribution is -0.0106. The Morgan fingerprint density at radius 1 is 1.33 bits per heavy atom. The van der Waals surface area contributed by atoms with Crippen LogP contribution in [0.3, 0.4) is 0 Å². The normalized spacial score (nSPS) is 25.7. The summed E-state index contributed by atoms with van der Waals surface area (Å²) in [5.41, 5.74) is -0.456. The van der Waals surface area contributed by atoms with Crippen LogP contribution in [0.1, 0.15) is 76.9 Å². The smallest absolute Gasteiger partial charge is 0.231 e. The summed E-state index contributed by atoms with van der Waals surface area (Å²) < 4.78 is 11.1. The molecular weight excluding hydrogens is 266 g/mol. The highest BCUT2D eigenvalue weighted by atomic mass is 16.5. The van der Waals surface area contributed by atoms with Crippen LogP contribution >= 0.6 is 0 Å². The summed E-state index contributed by atoms with van der Waals surface area (Å²) in [4.78, 5) is 4.66. The summed E-state index contributed by atoms with van der Waals surface area (Å²) in [7, 11) is 1.70. The molecule has 0 spiro atoms. The lowest BCUT2D eigenvalue weighted by atomic mass is 9.84. The fourth-order valence-electron chi connectivity index (χ4n) is 2.99. The Labute approximate surface area is 127 Å². The summed E-state index contributed by atoms with van der Waals surface area (Å²) >= 11 is 0. The first kappa shape index (κ1) is 16.4. The second-order valence-electron chi connectivity index (χ2n) is 6.20. The van der Waals surface area contributed by atoms with Crippen LogP contribution in [-0.2, 0) is 10.3 Å². The Hall–Kier alpha value is -0.940. The van der Waals surface area contributed by atoms with Crippen molar-refractivity contribution in [3.63, 3.8) is 0 Å². The Morgan fingerprint density at radius 2 is 2.10 bits per heavy atom. The van der Waals surface area contributed by atoms with Crippen molar-refractivity contribution in [3.8, 4) is 0 Å². The third kappa shape index (κ3) is 3.64. The van der Waals surface area contributed by atoms with Gasteiger partial charge in [-0.05, 0) is 39.2 Å². The lowest BCUT2D eigenvalue weighted by Gasteiger charge is -2.29. The van der Waals surface area contributed by atoms with Crippen molar-refractivity contribution in [2.75, 3.05) is 13.7 Å². The van der Waals surface area contributed by atoms with Gasteiger partial charge in [-0.3, -0.25) is 0 Å².